The van der Waals surface area contributed by atoms with Gasteiger partial charge in [-0.1, -0.05) is 15.9 Å². The number of likely N-dealkylation sites (N-methyl/N-ethyl adjacent to an activating group) is 1. The van der Waals surface area contributed by atoms with Crippen LogP contribution in [-0.2, 0) is 11.3 Å². The Labute approximate surface area is 131 Å². The first-order chi connectivity index (χ1) is 10.0. The standard InChI is InChI=1S/C13H17BrN4O3/c1-15-13(19)12-7-16-4-5-17(12)8-9-2-3-10(14)6-11(9)18(20)21/h2-3,6,12,16H,4-5,7-8H2,1H3,(H,15,19). The molecule has 21 heavy (non-hydrogen) atoms. The highest BCUT2D eigenvalue weighted by Crippen LogP contribution is 2.25. The molecule has 1 aromatic rings. The molecule has 8 heteroatoms. The van der Waals surface area contributed by atoms with Crippen LogP contribution in [-0.4, -0.2) is 48.5 Å². The normalized spacial score (nSPS) is 19.2. The van der Waals surface area contributed by atoms with Crippen LogP contribution >= 0.6 is 15.9 Å². The van der Waals surface area contributed by atoms with Crippen LogP contribution in [0.5, 0.6) is 0 Å². The molecule has 1 unspecified atom stereocenters. The molecule has 1 aromatic carbocycles. The van der Waals surface area contributed by atoms with Gasteiger partial charge in [0.2, 0.25) is 5.91 Å². The first-order valence-corrected chi connectivity index (χ1v) is 7.41. The average molecular weight is 357 g/mol. The minimum absolute atomic E-state index is 0.0681. The average Bonchev–Trinajstić information content (AvgIpc) is 2.48. The number of piperazine rings is 1. The Balaban J connectivity index is 2.23. The third kappa shape index (κ3) is 3.78. The van der Waals surface area contributed by atoms with E-state index >= 15 is 0 Å². The van der Waals surface area contributed by atoms with Gasteiger partial charge in [0.15, 0.2) is 0 Å². The van der Waals surface area contributed by atoms with Gasteiger partial charge in [0.1, 0.15) is 6.04 Å². The smallest absolute Gasteiger partial charge is 0.275 e. The van der Waals surface area contributed by atoms with Crippen molar-refractivity contribution in [1.29, 1.82) is 0 Å². The van der Waals surface area contributed by atoms with E-state index in [9.17, 15) is 14.9 Å². The van der Waals surface area contributed by atoms with E-state index in [0.29, 0.717) is 29.7 Å². The van der Waals surface area contributed by atoms with Crippen molar-refractivity contribution >= 4 is 27.5 Å². The zero-order chi connectivity index (χ0) is 15.4. The molecule has 0 spiro atoms. The van der Waals surface area contributed by atoms with E-state index in [1.54, 1.807) is 19.2 Å². The maximum Gasteiger partial charge on any atom is 0.275 e. The van der Waals surface area contributed by atoms with Gasteiger partial charge in [0.25, 0.3) is 5.69 Å². The fourth-order valence-corrected chi connectivity index (χ4v) is 2.77. The van der Waals surface area contributed by atoms with Crippen LogP contribution in [0, 0.1) is 10.1 Å². The number of benzene rings is 1. The monoisotopic (exact) mass is 356 g/mol. The third-order valence-corrected chi connectivity index (χ3v) is 4.01. The summed E-state index contributed by atoms with van der Waals surface area (Å²) in [6.45, 7) is 2.36. The molecule has 7 nitrogen and oxygen atoms in total. The Morgan fingerprint density at radius 3 is 3.05 bits per heavy atom. The number of rotatable bonds is 4. The summed E-state index contributed by atoms with van der Waals surface area (Å²) in [4.78, 5) is 24.6. The summed E-state index contributed by atoms with van der Waals surface area (Å²) >= 11 is 3.24. The molecule has 2 rings (SSSR count). The molecule has 114 valence electrons. The maximum absolute atomic E-state index is 11.9. The number of halogens is 1. The number of nitrogens with one attached hydrogen (secondary N) is 2. The second kappa shape index (κ2) is 6.97. The quantitative estimate of drug-likeness (QED) is 0.617. The maximum atomic E-state index is 11.9. The number of nitrogens with zero attached hydrogens (tertiary/aromatic N) is 2. The molecule has 0 radical (unpaired) electrons. The van der Waals surface area contributed by atoms with Gasteiger partial charge in [-0.15, -0.1) is 0 Å². The number of carbonyl (C=O) groups excluding carboxylic acids is 1. The second-order valence-electron chi connectivity index (χ2n) is 4.83. The highest BCUT2D eigenvalue weighted by molar-refractivity contribution is 9.10. The number of nitro benzene ring substituents is 1. The molecule has 0 aromatic heterocycles. The van der Waals surface area contributed by atoms with Gasteiger partial charge in [-0.25, -0.2) is 0 Å². The number of amides is 1. The van der Waals surface area contributed by atoms with Gasteiger partial charge in [0.05, 0.1) is 4.92 Å². The van der Waals surface area contributed by atoms with Crippen molar-refractivity contribution < 1.29 is 9.72 Å². The first-order valence-electron chi connectivity index (χ1n) is 6.62. The number of hydrogen-bond donors (Lipinski definition) is 2. The summed E-state index contributed by atoms with van der Waals surface area (Å²) in [5.41, 5.74) is 0.678. The zero-order valence-electron chi connectivity index (χ0n) is 11.6. The molecule has 1 amide bonds. The van der Waals surface area contributed by atoms with Crippen LogP contribution in [0.15, 0.2) is 22.7 Å². The van der Waals surface area contributed by atoms with Crippen LogP contribution in [0.3, 0.4) is 0 Å². The second-order valence-corrected chi connectivity index (χ2v) is 5.75. The summed E-state index contributed by atoms with van der Waals surface area (Å²) in [7, 11) is 1.59. The van der Waals surface area contributed by atoms with E-state index in [2.05, 4.69) is 26.6 Å². The molecule has 1 atom stereocenters. The molecule has 1 fully saturated rings. The van der Waals surface area contributed by atoms with Crippen molar-refractivity contribution in [3.8, 4) is 0 Å². The largest absolute Gasteiger partial charge is 0.358 e. The lowest BCUT2D eigenvalue weighted by molar-refractivity contribution is -0.385. The van der Waals surface area contributed by atoms with Crippen molar-refractivity contribution in [1.82, 2.24) is 15.5 Å². The van der Waals surface area contributed by atoms with Crippen molar-refractivity contribution in [2.24, 2.45) is 0 Å². The van der Waals surface area contributed by atoms with Crippen molar-refractivity contribution in [3.05, 3.63) is 38.3 Å². The summed E-state index contributed by atoms with van der Waals surface area (Å²) in [6.07, 6.45) is 0. The Morgan fingerprint density at radius 2 is 2.38 bits per heavy atom. The molecule has 0 aliphatic carbocycles. The van der Waals surface area contributed by atoms with E-state index in [-0.39, 0.29) is 17.6 Å². The lowest BCUT2D eigenvalue weighted by atomic mass is 10.1. The molecule has 1 saturated heterocycles. The Bertz CT molecular complexity index is 552. The van der Waals surface area contributed by atoms with E-state index in [1.807, 2.05) is 4.90 Å². The Morgan fingerprint density at radius 1 is 1.62 bits per heavy atom. The van der Waals surface area contributed by atoms with Gasteiger partial charge in [0, 0.05) is 49.3 Å². The SMILES string of the molecule is CNC(=O)C1CNCCN1Cc1ccc(Br)cc1[N+](=O)[O-]. The van der Waals surface area contributed by atoms with Crippen molar-refractivity contribution in [2.75, 3.05) is 26.7 Å². The minimum Gasteiger partial charge on any atom is -0.358 e. The topological polar surface area (TPSA) is 87.5 Å². The summed E-state index contributed by atoms with van der Waals surface area (Å²) in [5.74, 6) is -0.0815. The van der Waals surface area contributed by atoms with E-state index < -0.39 is 4.92 Å². The lowest BCUT2D eigenvalue weighted by Crippen LogP contribution is -2.56. The predicted octanol–water partition coefficient (Wildman–Crippen LogP) is 0.877. The van der Waals surface area contributed by atoms with Gasteiger partial charge in [-0.2, -0.15) is 0 Å². The van der Waals surface area contributed by atoms with Crippen LogP contribution in [0.25, 0.3) is 0 Å². The fourth-order valence-electron chi connectivity index (χ4n) is 2.42. The Hall–Kier alpha value is -1.51. The van der Waals surface area contributed by atoms with Crippen LogP contribution < -0.4 is 10.6 Å². The Kier molecular flexibility index (Phi) is 5.27. The number of hydrogen-bond acceptors (Lipinski definition) is 5. The first kappa shape index (κ1) is 15.9. The molecule has 1 aliphatic heterocycles. The molecule has 2 N–H and O–H groups in total. The van der Waals surface area contributed by atoms with Gasteiger partial charge >= 0.3 is 0 Å². The highest BCUT2D eigenvalue weighted by Gasteiger charge is 2.29. The summed E-state index contributed by atoms with van der Waals surface area (Å²) in [6, 6.07) is 4.68. The lowest BCUT2D eigenvalue weighted by Gasteiger charge is -2.34. The molecular formula is C13H17BrN4O3. The number of nitro groups is 1. The van der Waals surface area contributed by atoms with Crippen LogP contribution in [0.4, 0.5) is 5.69 Å². The molecule has 1 heterocycles. The third-order valence-electron chi connectivity index (χ3n) is 3.52. The molecule has 0 saturated carbocycles. The van der Waals surface area contributed by atoms with E-state index in [0.717, 1.165) is 6.54 Å². The van der Waals surface area contributed by atoms with Crippen molar-refractivity contribution in [2.45, 2.75) is 12.6 Å². The minimum atomic E-state index is -0.392. The highest BCUT2D eigenvalue weighted by atomic mass is 79.9. The van der Waals surface area contributed by atoms with E-state index in [4.69, 9.17) is 0 Å². The van der Waals surface area contributed by atoms with Crippen LogP contribution in [0.1, 0.15) is 5.56 Å². The predicted molar refractivity (Wildman–Crippen MR) is 81.9 cm³/mol. The zero-order valence-corrected chi connectivity index (χ0v) is 13.2. The molecule has 1 aliphatic rings. The summed E-state index contributed by atoms with van der Waals surface area (Å²) < 4.78 is 0.668. The van der Waals surface area contributed by atoms with Gasteiger partial charge < -0.3 is 10.6 Å². The number of carbonyl (C=O) groups is 1. The van der Waals surface area contributed by atoms with Crippen LogP contribution in [0.2, 0.25) is 0 Å². The van der Waals surface area contributed by atoms with Crippen molar-refractivity contribution in [3.63, 3.8) is 0 Å². The fraction of sp³-hybridized carbons (Fsp3) is 0.462. The molecule has 0 bridgehead atoms. The van der Waals surface area contributed by atoms with E-state index in [1.165, 1.54) is 6.07 Å². The summed E-state index contributed by atoms with van der Waals surface area (Å²) in [5, 5.41) is 17.0. The van der Waals surface area contributed by atoms with Gasteiger partial charge in [-0.05, 0) is 12.1 Å². The van der Waals surface area contributed by atoms with Gasteiger partial charge in [-0.3, -0.25) is 19.8 Å². The molecular weight excluding hydrogens is 340 g/mol.